The average Bonchev–Trinajstić information content (AvgIpc) is 3.09. The van der Waals surface area contributed by atoms with Crippen LogP contribution in [0.1, 0.15) is 11.4 Å². The van der Waals surface area contributed by atoms with Gasteiger partial charge in [0.1, 0.15) is 11.6 Å². The summed E-state index contributed by atoms with van der Waals surface area (Å²) in [5.74, 6) is 1.67. The van der Waals surface area contributed by atoms with Crippen molar-refractivity contribution in [2.24, 2.45) is 0 Å². The lowest BCUT2D eigenvalue weighted by molar-refractivity contribution is -0.113. The van der Waals surface area contributed by atoms with E-state index >= 15 is 0 Å². The van der Waals surface area contributed by atoms with Crippen LogP contribution in [0.15, 0.2) is 59.8 Å². The van der Waals surface area contributed by atoms with Crippen molar-refractivity contribution in [2.45, 2.75) is 11.6 Å². The van der Waals surface area contributed by atoms with Crippen molar-refractivity contribution in [1.82, 2.24) is 15.2 Å². The number of rotatable bonds is 7. The van der Waals surface area contributed by atoms with Gasteiger partial charge in [-0.2, -0.15) is 0 Å². The lowest BCUT2D eigenvalue weighted by Gasteiger charge is -2.05. The van der Waals surface area contributed by atoms with Crippen LogP contribution >= 0.6 is 11.8 Å². The van der Waals surface area contributed by atoms with Crippen molar-refractivity contribution in [3.05, 3.63) is 66.0 Å². The van der Waals surface area contributed by atoms with E-state index in [-0.39, 0.29) is 11.7 Å². The van der Waals surface area contributed by atoms with Gasteiger partial charge in [-0.1, -0.05) is 42.1 Å². The minimum atomic E-state index is -0.107. The molecule has 1 amide bonds. The van der Waals surface area contributed by atoms with Crippen molar-refractivity contribution in [3.8, 4) is 5.75 Å². The van der Waals surface area contributed by atoms with Gasteiger partial charge in [0, 0.05) is 12.1 Å². The second kappa shape index (κ2) is 8.34. The summed E-state index contributed by atoms with van der Waals surface area (Å²) in [7, 11) is 1.60. The Morgan fingerprint density at radius 3 is 2.64 bits per heavy atom. The van der Waals surface area contributed by atoms with Gasteiger partial charge >= 0.3 is 0 Å². The first-order valence-electron chi connectivity index (χ1n) is 7.75. The molecule has 7 heteroatoms. The van der Waals surface area contributed by atoms with E-state index in [9.17, 15) is 4.79 Å². The van der Waals surface area contributed by atoms with Gasteiger partial charge in [-0.3, -0.25) is 9.89 Å². The van der Waals surface area contributed by atoms with Crippen LogP contribution in [-0.4, -0.2) is 34.0 Å². The highest BCUT2D eigenvalue weighted by atomic mass is 32.2. The summed E-state index contributed by atoms with van der Waals surface area (Å²) in [6.45, 7) is 0. The number of amides is 1. The number of benzene rings is 2. The summed E-state index contributed by atoms with van der Waals surface area (Å²) in [6, 6.07) is 17.2. The second-order valence-corrected chi connectivity index (χ2v) is 6.23. The number of methoxy groups -OCH3 is 1. The molecule has 0 fully saturated rings. The lowest BCUT2D eigenvalue weighted by atomic mass is 10.1. The molecule has 3 aromatic rings. The Hall–Kier alpha value is -2.80. The van der Waals surface area contributed by atoms with Gasteiger partial charge in [-0.15, -0.1) is 5.10 Å². The smallest absolute Gasteiger partial charge is 0.234 e. The number of hydrogen-bond donors (Lipinski definition) is 2. The Balaban J connectivity index is 1.48. The number of aromatic nitrogens is 3. The van der Waals surface area contributed by atoms with Crippen molar-refractivity contribution >= 4 is 23.4 Å². The Morgan fingerprint density at radius 1 is 1.16 bits per heavy atom. The minimum absolute atomic E-state index is 0.107. The topological polar surface area (TPSA) is 79.9 Å². The van der Waals surface area contributed by atoms with Gasteiger partial charge in [0.05, 0.1) is 12.9 Å². The van der Waals surface area contributed by atoms with Crippen molar-refractivity contribution in [2.75, 3.05) is 18.2 Å². The van der Waals surface area contributed by atoms with Crippen LogP contribution in [0.25, 0.3) is 0 Å². The fraction of sp³-hybridized carbons (Fsp3) is 0.167. The van der Waals surface area contributed by atoms with E-state index in [0.717, 1.165) is 22.8 Å². The molecule has 0 saturated carbocycles. The number of anilines is 1. The maximum absolute atomic E-state index is 12.0. The zero-order valence-electron chi connectivity index (χ0n) is 13.7. The zero-order valence-corrected chi connectivity index (χ0v) is 14.5. The third kappa shape index (κ3) is 5.09. The normalized spacial score (nSPS) is 10.4. The molecule has 1 aromatic heterocycles. The van der Waals surface area contributed by atoms with Crippen LogP contribution in [0, 0.1) is 0 Å². The molecule has 25 heavy (non-hydrogen) atoms. The maximum atomic E-state index is 12.0. The van der Waals surface area contributed by atoms with E-state index in [0.29, 0.717) is 11.6 Å². The van der Waals surface area contributed by atoms with Crippen LogP contribution in [-0.2, 0) is 11.2 Å². The molecule has 2 aromatic carbocycles. The van der Waals surface area contributed by atoms with E-state index in [4.69, 9.17) is 4.74 Å². The second-order valence-electron chi connectivity index (χ2n) is 5.29. The number of carbonyl (C=O) groups excluding carboxylic acids is 1. The molecule has 0 aliphatic carbocycles. The number of nitrogens with zero attached hydrogens (tertiary/aromatic N) is 2. The number of hydrogen-bond acceptors (Lipinski definition) is 5. The number of thioether (sulfide) groups is 1. The van der Waals surface area contributed by atoms with Crippen LogP contribution in [0.3, 0.4) is 0 Å². The van der Waals surface area contributed by atoms with Crippen molar-refractivity contribution in [3.63, 3.8) is 0 Å². The van der Waals surface area contributed by atoms with Gasteiger partial charge in [-0.05, 0) is 29.8 Å². The summed E-state index contributed by atoms with van der Waals surface area (Å²) in [5.41, 5.74) is 1.89. The van der Waals surface area contributed by atoms with E-state index in [1.54, 1.807) is 31.4 Å². The molecule has 0 saturated heterocycles. The zero-order chi connectivity index (χ0) is 17.5. The minimum Gasteiger partial charge on any atom is -0.497 e. The third-order valence-corrected chi connectivity index (χ3v) is 4.28. The molecule has 3 rings (SSSR count). The highest BCUT2D eigenvalue weighted by Gasteiger charge is 2.08. The van der Waals surface area contributed by atoms with Crippen LogP contribution in [0.4, 0.5) is 5.69 Å². The first-order valence-corrected chi connectivity index (χ1v) is 8.73. The van der Waals surface area contributed by atoms with Crippen LogP contribution in [0.2, 0.25) is 0 Å². The van der Waals surface area contributed by atoms with Gasteiger partial charge in [0.2, 0.25) is 11.1 Å². The standard InChI is InChI=1S/C18H18N4O2S/c1-24-15-9-7-14(8-10-15)19-17(23)12-25-18-20-16(21-22-18)11-13-5-3-2-4-6-13/h2-10H,11-12H2,1H3,(H,19,23)(H,20,21,22). The third-order valence-electron chi connectivity index (χ3n) is 3.43. The van der Waals surface area contributed by atoms with E-state index in [1.807, 2.05) is 30.3 Å². The van der Waals surface area contributed by atoms with Crippen LogP contribution in [0.5, 0.6) is 5.75 Å². The molecule has 128 valence electrons. The Bertz CT molecular complexity index is 819. The average molecular weight is 354 g/mol. The van der Waals surface area contributed by atoms with Gasteiger partial charge in [0.15, 0.2) is 0 Å². The lowest BCUT2D eigenvalue weighted by Crippen LogP contribution is -2.14. The number of H-pyrrole nitrogens is 1. The van der Waals surface area contributed by atoms with Gasteiger partial charge < -0.3 is 10.1 Å². The van der Waals surface area contributed by atoms with E-state index in [2.05, 4.69) is 20.5 Å². The summed E-state index contributed by atoms with van der Waals surface area (Å²) < 4.78 is 5.09. The molecule has 0 aliphatic heterocycles. The predicted octanol–water partition coefficient (Wildman–Crippen LogP) is 3.13. The van der Waals surface area contributed by atoms with Gasteiger partial charge in [-0.25, -0.2) is 4.98 Å². The molecule has 1 heterocycles. The molecule has 0 atom stereocenters. The molecule has 6 nitrogen and oxygen atoms in total. The van der Waals surface area contributed by atoms with Crippen molar-refractivity contribution in [1.29, 1.82) is 0 Å². The SMILES string of the molecule is COc1ccc(NC(=O)CSc2n[nH]c(Cc3ccccc3)n2)cc1. The van der Waals surface area contributed by atoms with E-state index < -0.39 is 0 Å². The summed E-state index contributed by atoms with van der Waals surface area (Å²) in [6.07, 6.45) is 0.687. The largest absolute Gasteiger partial charge is 0.497 e. The molecule has 0 radical (unpaired) electrons. The first-order chi connectivity index (χ1) is 12.2. The van der Waals surface area contributed by atoms with Crippen molar-refractivity contribution < 1.29 is 9.53 Å². The summed E-state index contributed by atoms with van der Waals surface area (Å²) >= 11 is 1.30. The number of carbonyl (C=O) groups is 1. The highest BCUT2D eigenvalue weighted by Crippen LogP contribution is 2.17. The quantitative estimate of drug-likeness (QED) is 0.637. The Kier molecular flexibility index (Phi) is 5.69. The molecular formula is C18H18N4O2S. The first kappa shape index (κ1) is 17.0. The molecule has 2 N–H and O–H groups in total. The Morgan fingerprint density at radius 2 is 1.92 bits per heavy atom. The number of ether oxygens (including phenoxy) is 1. The molecular weight excluding hydrogens is 336 g/mol. The molecule has 0 spiro atoms. The molecule has 0 bridgehead atoms. The fourth-order valence-electron chi connectivity index (χ4n) is 2.21. The number of nitrogens with one attached hydrogen (secondary N) is 2. The van der Waals surface area contributed by atoms with Crippen LogP contribution < -0.4 is 10.1 Å². The summed E-state index contributed by atoms with van der Waals surface area (Å²) in [4.78, 5) is 16.4. The maximum Gasteiger partial charge on any atom is 0.234 e. The Labute approximate surface area is 150 Å². The fourth-order valence-corrected chi connectivity index (χ4v) is 2.83. The predicted molar refractivity (Wildman–Crippen MR) is 98.0 cm³/mol. The highest BCUT2D eigenvalue weighted by molar-refractivity contribution is 7.99. The number of aromatic amines is 1. The monoisotopic (exact) mass is 354 g/mol. The van der Waals surface area contributed by atoms with E-state index in [1.165, 1.54) is 11.8 Å². The summed E-state index contributed by atoms with van der Waals surface area (Å²) in [5, 5.41) is 10.5. The molecule has 0 aliphatic rings. The molecule has 0 unspecified atom stereocenters. The van der Waals surface area contributed by atoms with Gasteiger partial charge in [0.25, 0.3) is 0 Å².